The van der Waals surface area contributed by atoms with Crippen molar-refractivity contribution < 1.29 is 9.32 Å². The van der Waals surface area contributed by atoms with E-state index in [-0.39, 0.29) is 12.6 Å². The third kappa shape index (κ3) is 3.59. The van der Waals surface area contributed by atoms with E-state index in [1.54, 1.807) is 6.92 Å². The van der Waals surface area contributed by atoms with Crippen LogP contribution in [-0.2, 0) is 13.0 Å². The summed E-state index contributed by atoms with van der Waals surface area (Å²) in [5.74, 6) is 2.06. The molecule has 1 aromatic heterocycles. The molecule has 2 aromatic rings. The van der Waals surface area contributed by atoms with Crippen molar-refractivity contribution >= 4 is 17.8 Å². The van der Waals surface area contributed by atoms with Gasteiger partial charge in [0.2, 0.25) is 5.89 Å². The van der Waals surface area contributed by atoms with Gasteiger partial charge in [-0.3, -0.25) is 0 Å². The van der Waals surface area contributed by atoms with Crippen molar-refractivity contribution in [3.05, 3.63) is 47.1 Å². The van der Waals surface area contributed by atoms with E-state index in [1.165, 1.54) is 11.1 Å². The van der Waals surface area contributed by atoms with Gasteiger partial charge in [0.05, 0.1) is 6.54 Å². The molecule has 0 radical (unpaired) electrons. The first-order valence-corrected chi connectivity index (χ1v) is 8.27. The van der Waals surface area contributed by atoms with Gasteiger partial charge in [-0.1, -0.05) is 29.4 Å². The van der Waals surface area contributed by atoms with E-state index >= 15 is 0 Å². The lowest BCUT2D eigenvalue weighted by Gasteiger charge is -2.25. The fraction of sp³-hybridized carbons (Fsp3) is 0.400. The summed E-state index contributed by atoms with van der Waals surface area (Å²) in [7, 11) is 0. The molecule has 6 nitrogen and oxygen atoms in total. The number of carbonyl (C=O) groups excluding carboxylic acids is 1. The molecule has 0 spiro atoms. The largest absolute Gasteiger partial charge is 0.340 e. The minimum atomic E-state index is -0.217. The summed E-state index contributed by atoms with van der Waals surface area (Å²) < 4.78 is 4.85. The summed E-state index contributed by atoms with van der Waals surface area (Å²) in [4.78, 5) is 15.9. The van der Waals surface area contributed by atoms with E-state index in [0.29, 0.717) is 23.5 Å². The zero-order chi connectivity index (χ0) is 15.4. The van der Waals surface area contributed by atoms with Gasteiger partial charge < -0.3 is 15.2 Å². The number of urea groups is 1. The monoisotopic (exact) mass is 318 g/mol. The highest BCUT2D eigenvalue weighted by molar-refractivity contribution is 7.99. The summed E-state index contributed by atoms with van der Waals surface area (Å²) in [5, 5.41) is 9.69. The van der Waals surface area contributed by atoms with E-state index in [9.17, 15) is 4.79 Å². The van der Waals surface area contributed by atoms with Crippen molar-refractivity contribution in [2.75, 3.05) is 12.3 Å². The highest BCUT2D eigenvalue weighted by Gasteiger charge is 2.20. The van der Waals surface area contributed by atoms with Crippen LogP contribution in [0.1, 0.15) is 28.1 Å². The predicted molar refractivity (Wildman–Crippen MR) is 84.6 cm³/mol. The topological polar surface area (TPSA) is 80.0 Å². The van der Waals surface area contributed by atoms with Crippen molar-refractivity contribution in [1.29, 1.82) is 0 Å². The molecule has 1 aromatic carbocycles. The van der Waals surface area contributed by atoms with Crippen molar-refractivity contribution in [3.63, 3.8) is 0 Å². The molecule has 116 valence electrons. The number of amides is 2. The van der Waals surface area contributed by atoms with Crippen LogP contribution in [0.4, 0.5) is 4.79 Å². The van der Waals surface area contributed by atoms with E-state index in [1.807, 2.05) is 11.8 Å². The third-order valence-electron chi connectivity index (χ3n) is 3.52. The van der Waals surface area contributed by atoms with Crippen molar-refractivity contribution in [1.82, 2.24) is 20.8 Å². The van der Waals surface area contributed by atoms with Crippen LogP contribution in [-0.4, -0.2) is 28.5 Å². The highest BCUT2D eigenvalue weighted by Crippen LogP contribution is 2.35. The molecule has 0 saturated carbocycles. The molecule has 1 aliphatic heterocycles. The molecule has 2 amide bonds. The average molecular weight is 318 g/mol. The second kappa shape index (κ2) is 6.83. The fourth-order valence-corrected chi connectivity index (χ4v) is 3.70. The van der Waals surface area contributed by atoms with Gasteiger partial charge in [0.25, 0.3) is 0 Å². The number of hydrogen-bond donors (Lipinski definition) is 2. The first-order valence-electron chi connectivity index (χ1n) is 7.22. The number of hydrogen-bond acceptors (Lipinski definition) is 5. The number of nitrogens with zero attached hydrogens (tertiary/aromatic N) is 2. The number of aromatic nitrogens is 2. The molecular weight excluding hydrogens is 300 g/mol. The van der Waals surface area contributed by atoms with Crippen LogP contribution in [0.3, 0.4) is 0 Å². The predicted octanol–water partition coefficient (Wildman–Crippen LogP) is 2.21. The quantitative estimate of drug-likeness (QED) is 0.903. The van der Waals surface area contributed by atoms with Crippen LogP contribution in [0.25, 0.3) is 0 Å². The first-order chi connectivity index (χ1) is 10.7. The fourth-order valence-electron chi connectivity index (χ4n) is 2.47. The molecule has 0 bridgehead atoms. The standard InChI is InChI=1S/C15H18N4O2S/c1-10-18-14(19-21-10)9-17-15(20)16-8-13-12-5-3-2-4-11(12)6-7-22-13/h2-5,13H,6-9H2,1H3,(H2,16,17,20)/t13-/m1/s1. The third-order valence-corrected chi connectivity index (χ3v) is 4.78. The number of rotatable bonds is 4. The van der Waals surface area contributed by atoms with Crippen LogP contribution in [0.15, 0.2) is 28.8 Å². The SMILES string of the molecule is Cc1nc(CNC(=O)NC[C@H]2SCCc3ccccc32)no1. The van der Waals surface area contributed by atoms with Crippen molar-refractivity contribution in [2.45, 2.75) is 25.1 Å². The Bertz CT molecular complexity index is 658. The molecular formula is C15H18N4O2S. The molecule has 2 heterocycles. The summed E-state index contributed by atoms with van der Waals surface area (Å²) in [5.41, 5.74) is 2.71. The van der Waals surface area contributed by atoms with Crippen molar-refractivity contribution in [2.24, 2.45) is 0 Å². The number of carbonyl (C=O) groups is 1. The van der Waals surface area contributed by atoms with Gasteiger partial charge in [0, 0.05) is 18.7 Å². The average Bonchev–Trinajstić information content (AvgIpc) is 2.96. The molecule has 2 N–H and O–H groups in total. The minimum Gasteiger partial charge on any atom is -0.340 e. The maximum Gasteiger partial charge on any atom is 0.315 e. The Labute approximate surface area is 133 Å². The van der Waals surface area contributed by atoms with Crippen LogP contribution in [0.2, 0.25) is 0 Å². The zero-order valence-electron chi connectivity index (χ0n) is 12.3. The summed E-state index contributed by atoms with van der Waals surface area (Å²) in [6, 6.07) is 8.22. The maximum absolute atomic E-state index is 11.9. The smallest absolute Gasteiger partial charge is 0.315 e. The second-order valence-corrected chi connectivity index (χ2v) is 6.41. The summed E-state index contributed by atoms with van der Waals surface area (Å²) in [6.07, 6.45) is 1.10. The van der Waals surface area contributed by atoms with Crippen molar-refractivity contribution in [3.8, 4) is 0 Å². The van der Waals surface area contributed by atoms with Gasteiger partial charge in [0.15, 0.2) is 5.82 Å². The molecule has 22 heavy (non-hydrogen) atoms. The Morgan fingerprint density at radius 3 is 3.09 bits per heavy atom. The molecule has 3 rings (SSSR count). The lowest BCUT2D eigenvalue weighted by atomic mass is 10.0. The Morgan fingerprint density at radius 1 is 1.41 bits per heavy atom. The minimum absolute atomic E-state index is 0.217. The Hall–Kier alpha value is -2.02. The molecule has 1 aliphatic rings. The molecule has 0 aliphatic carbocycles. The van der Waals surface area contributed by atoms with Crippen LogP contribution in [0.5, 0.6) is 0 Å². The molecule has 1 atom stereocenters. The lowest BCUT2D eigenvalue weighted by molar-refractivity contribution is 0.240. The number of thioether (sulfide) groups is 1. The zero-order valence-corrected chi connectivity index (χ0v) is 13.2. The van der Waals surface area contributed by atoms with Gasteiger partial charge in [-0.15, -0.1) is 0 Å². The normalized spacial score (nSPS) is 16.9. The van der Waals surface area contributed by atoms with Crippen LogP contribution >= 0.6 is 11.8 Å². The number of nitrogens with one attached hydrogen (secondary N) is 2. The van der Waals surface area contributed by atoms with E-state index in [4.69, 9.17) is 4.52 Å². The highest BCUT2D eigenvalue weighted by atomic mass is 32.2. The lowest BCUT2D eigenvalue weighted by Crippen LogP contribution is -2.37. The van der Waals surface area contributed by atoms with Crippen LogP contribution < -0.4 is 10.6 Å². The molecule has 0 saturated heterocycles. The molecule has 0 unspecified atom stereocenters. The number of fused-ring (bicyclic) bond motifs is 1. The Balaban J connectivity index is 1.49. The van der Waals surface area contributed by atoms with Gasteiger partial charge in [0.1, 0.15) is 0 Å². The summed E-state index contributed by atoms with van der Waals surface area (Å²) >= 11 is 1.88. The Kier molecular flexibility index (Phi) is 4.62. The van der Waals surface area contributed by atoms with E-state index in [2.05, 4.69) is 45.0 Å². The van der Waals surface area contributed by atoms with E-state index in [0.717, 1.165) is 12.2 Å². The van der Waals surface area contributed by atoms with Gasteiger partial charge in [-0.05, 0) is 23.3 Å². The van der Waals surface area contributed by atoms with Gasteiger partial charge >= 0.3 is 6.03 Å². The van der Waals surface area contributed by atoms with Gasteiger partial charge in [-0.2, -0.15) is 16.7 Å². The maximum atomic E-state index is 11.9. The molecule has 0 fully saturated rings. The van der Waals surface area contributed by atoms with Crippen LogP contribution in [0, 0.1) is 6.92 Å². The summed E-state index contributed by atoms with van der Waals surface area (Å²) in [6.45, 7) is 2.59. The molecule has 7 heteroatoms. The van der Waals surface area contributed by atoms with E-state index < -0.39 is 0 Å². The first kappa shape index (κ1) is 14.9. The number of aryl methyl sites for hydroxylation is 2. The number of benzene rings is 1. The Morgan fingerprint density at radius 2 is 2.27 bits per heavy atom. The second-order valence-electron chi connectivity index (χ2n) is 5.10. The van der Waals surface area contributed by atoms with Gasteiger partial charge in [-0.25, -0.2) is 4.79 Å².